The lowest BCUT2D eigenvalue weighted by molar-refractivity contribution is 0.692. The molecule has 0 amide bonds. The molecule has 0 aromatic carbocycles. The van der Waals surface area contributed by atoms with Crippen LogP contribution in [0.15, 0.2) is 32.7 Å². The molecule has 0 radical (unpaired) electrons. The van der Waals surface area contributed by atoms with Gasteiger partial charge in [-0.25, -0.2) is 0 Å². The Balaban J connectivity index is 1.67. The van der Waals surface area contributed by atoms with Crippen molar-refractivity contribution in [3.05, 3.63) is 43.2 Å². The zero-order valence-electron chi connectivity index (χ0n) is 8.20. The summed E-state index contributed by atoms with van der Waals surface area (Å²) < 4.78 is 1.22. The molecular formula is C11H12BrNS2. The fourth-order valence-corrected chi connectivity index (χ4v) is 3.47. The molecule has 0 bridgehead atoms. The van der Waals surface area contributed by atoms with Gasteiger partial charge in [-0.2, -0.15) is 11.3 Å². The average molecular weight is 302 g/mol. The van der Waals surface area contributed by atoms with Gasteiger partial charge in [-0.1, -0.05) is 0 Å². The molecule has 0 atom stereocenters. The van der Waals surface area contributed by atoms with Crippen LogP contribution in [-0.2, 0) is 13.0 Å². The molecule has 0 fully saturated rings. The van der Waals surface area contributed by atoms with Crippen LogP contribution in [0.2, 0.25) is 0 Å². The van der Waals surface area contributed by atoms with Crippen molar-refractivity contribution in [1.82, 2.24) is 5.32 Å². The molecule has 1 N–H and O–H groups in total. The molecule has 2 aromatic rings. The predicted octanol–water partition coefficient (Wildman–Crippen LogP) is 3.90. The molecule has 0 saturated carbocycles. The molecule has 0 spiro atoms. The normalized spacial score (nSPS) is 10.7. The van der Waals surface area contributed by atoms with Crippen LogP contribution in [0.5, 0.6) is 0 Å². The van der Waals surface area contributed by atoms with E-state index in [1.807, 2.05) is 11.3 Å². The van der Waals surface area contributed by atoms with E-state index >= 15 is 0 Å². The first-order chi connectivity index (χ1) is 7.34. The Morgan fingerprint density at radius 1 is 1.27 bits per heavy atom. The Bertz CT molecular complexity index is 394. The minimum atomic E-state index is 0.982. The molecule has 2 rings (SSSR count). The van der Waals surface area contributed by atoms with Crippen molar-refractivity contribution in [3.8, 4) is 0 Å². The smallest absolute Gasteiger partial charge is 0.0701 e. The number of hydrogen-bond acceptors (Lipinski definition) is 3. The molecule has 0 aliphatic rings. The van der Waals surface area contributed by atoms with E-state index < -0.39 is 0 Å². The SMILES string of the molecule is Brc1ccc(CCNCc2ccsc2)s1. The first-order valence-electron chi connectivity index (χ1n) is 4.80. The third-order valence-corrected chi connectivity index (χ3v) is 4.50. The van der Waals surface area contributed by atoms with E-state index in [-0.39, 0.29) is 0 Å². The Morgan fingerprint density at radius 3 is 2.87 bits per heavy atom. The van der Waals surface area contributed by atoms with Crippen molar-refractivity contribution < 1.29 is 0 Å². The van der Waals surface area contributed by atoms with Crippen molar-refractivity contribution in [2.45, 2.75) is 13.0 Å². The summed E-state index contributed by atoms with van der Waals surface area (Å²) in [6.45, 7) is 2.03. The molecule has 0 unspecified atom stereocenters. The van der Waals surface area contributed by atoms with Gasteiger partial charge >= 0.3 is 0 Å². The van der Waals surface area contributed by atoms with Gasteiger partial charge in [0, 0.05) is 18.0 Å². The van der Waals surface area contributed by atoms with Crippen molar-refractivity contribution >= 4 is 38.6 Å². The highest BCUT2D eigenvalue weighted by atomic mass is 79.9. The summed E-state index contributed by atoms with van der Waals surface area (Å²) >= 11 is 7.04. The van der Waals surface area contributed by atoms with E-state index in [2.05, 4.69) is 50.2 Å². The minimum absolute atomic E-state index is 0.982. The molecule has 4 heteroatoms. The number of nitrogens with one attached hydrogen (secondary N) is 1. The third kappa shape index (κ3) is 3.72. The summed E-state index contributed by atoms with van der Waals surface area (Å²) in [5.74, 6) is 0. The number of rotatable bonds is 5. The first-order valence-corrected chi connectivity index (χ1v) is 7.36. The molecule has 15 heavy (non-hydrogen) atoms. The second kappa shape index (κ2) is 5.80. The fourth-order valence-electron chi connectivity index (χ4n) is 1.32. The number of hydrogen-bond donors (Lipinski definition) is 1. The standard InChI is InChI=1S/C11H12BrNS2/c12-11-2-1-10(15-11)3-5-13-7-9-4-6-14-8-9/h1-2,4,6,8,13H,3,5,7H2. The summed E-state index contributed by atoms with van der Waals surface area (Å²) in [7, 11) is 0. The quantitative estimate of drug-likeness (QED) is 0.826. The monoisotopic (exact) mass is 301 g/mol. The lowest BCUT2D eigenvalue weighted by Gasteiger charge is -2.01. The van der Waals surface area contributed by atoms with Gasteiger partial charge in [0.05, 0.1) is 3.79 Å². The highest BCUT2D eigenvalue weighted by Crippen LogP contribution is 2.22. The molecule has 2 aromatic heterocycles. The molecule has 0 saturated heterocycles. The van der Waals surface area contributed by atoms with Gasteiger partial charge in [0.15, 0.2) is 0 Å². The van der Waals surface area contributed by atoms with Crippen molar-refractivity contribution in [2.24, 2.45) is 0 Å². The first kappa shape index (κ1) is 11.3. The van der Waals surface area contributed by atoms with Crippen LogP contribution >= 0.6 is 38.6 Å². The highest BCUT2D eigenvalue weighted by molar-refractivity contribution is 9.11. The van der Waals surface area contributed by atoms with Gasteiger partial charge in [0.25, 0.3) is 0 Å². The molecule has 0 aliphatic heterocycles. The molecule has 80 valence electrons. The maximum absolute atomic E-state index is 3.47. The second-order valence-electron chi connectivity index (χ2n) is 3.26. The predicted molar refractivity (Wildman–Crippen MR) is 71.7 cm³/mol. The zero-order valence-corrected chi connectivity index (χ0v) is 11.4. The molecular weight excluding hydrogens is 290 g/mol. The summed E-state index contributed by atoms with van der Waals surface area (Å²) in [5.41, 5.74) is 1.38. The summed E-state index contributed by atoms with van der Waals surface area (Å²) in [4.78, 5) is 1.43. The van der Waals surface area contributed by atoms with E-state index in [1.165, 1.54) is 14.2 Å². The third-order valence-electron chi connectivity index (χ3n) is 2.09. The molecule has 2 heterocycles. The minimum Gasteiger partial charge on any atom is -0.312 e. The van der Waals surface area contributed by atoms with Crippen LogP contribution in [0.3, 0.4) is 0 Å². The van der Waals surface area contributed by atoms with Gasteiger partial charge < -0.3 is 5.32 Å². The topological polar surface area (TPSA) is 12.0 Å². The molecule has 0 aliphatic carbocycles. The van der Waals surface area contributed by atoms with Gasteiger partial charge in [0.1, 0.15) is 0 Å². The summed E-state index contributed by atoms with van der Waals surface area (Å²) in [6, 6.07) is 6.46. The maximum atomic E-state index is 3.47. The van der Waals surface area contributed by atoms with Crippen LogP contribution in [0.4, 0.5) is 0 Å². The van der Waals surface area contributed by atoms with Crippen molar-refractivity contribution in [1.29, 1.82) is 0 Å². The van der Waals surface area contributed by atoms with Gasteiger partial charge in [-0.05, 0) is 56.9 Å². The fraction of sp³-hybridized carbons (Fsp3) is 0.273. The van der Waals surface area contributed by atoms with Crippen LogP contribution in [-0.4, -0.2) is 6.54 Å². The Labute approximate surface area is 106 Å². The largest absolute Gasteiger partial charge is 0.312 e. The molecule has 1 nitrogen and oxygen atoms in total. The number of thiophene rings is 2. The maximum Gasteiger partial charge on any atom is 0.0701 e. The lowest BCUT2D eigenvalue weighted by atomic mass is 10.3. The van der Waals surface area contributed by atoms with Crippen LogP contribution in [0.1, 0.15) is 10.4 Å². The van der Waals surface area contributed by atoms with Crippen molar-refractivity contribution in [3.63, 3.8) is 0 Å². The Hall–Kier alpha value is -0.160. The van der Waals surface area contributed by atoms with Crippen molar-refractivity contribution in [2.75, 3.05) is 6.54 Å². The van der Waals surface area contributed by atoms with Gasteiger partial charge in [-0.3, -0.25) is 0 Å². The average Bonchev–Trinajstić information content (AvgIpc) is 2.84. The van der Waals surface area contributed by atoms with E-state index in [9.17, 15) is 0 Å². The second-order valence-corrected chi connectivity index (χ2v) is 6.59. The van der Waals surface area contributed by atoms with Gasteiger partial charge in [-0.15, -0.1) is 11.3 Å². The summed E-state index contributed by atoms with van der Waals surface area (Å²) in [5, 5.41) is 7.75. The summed E-state index contributed by atoms with van der Waals surface area (Å²) in [6.07, 6.45) is 1.11. The van der Waals surface area contributed by atoms with E-state index in [1.54, 1.807) is 11.3 Å². The van der Waals surface area contributed by atoms with Crippen LogP contribution < -0.4 is 5.32 Å². The van der Waals surface area contributed by atoms with E-state index in [0.29, 0.717) is 0 Å². The Morgan fingerprint density at radius 2 is 2.20 bits per heavy atom. The zero-order chi connectivity index (χ0) is 10.5. The number of halogens is 1. The van der Waals surface area contributed by atoms with E-state index in [0.717, 1.165) is 19.5 Å². The lowest BCUT2D eigenvalue weighted by Crippen LogP contribution is -2.15. The van der Waals surface area contributed by atoms with Crippen LogP contribution in [0, 0.1) is 0 Å². The highest BCUT2D eigenvalue weighted by Gasteiger charge is 1.97. The van der Waals surface area contributed by atoms with E-state index in [4.69, 9.17) is 0 Å². The van der Waals surface area contributed by atoms with Gasteiger partial charge in [0.2, 0.25) is 0 Å². The Kier molecular flexibility index (Phi) is 4.38. The van der Waals surface area contributed by atoms with Crippen LogP contribution in [0.25, 0.3) is 0 Å².